The number of rotatable bonds is 8. The zero-order valence-electron chi connectivity index (χ0n) is 20.7. The van der Waals surface area contributed by atoms with Crippen molar-refractivity contribution in [2.45, 2.75) is 25.4 Å². The minimum atomic E-state index is -4.59. The SMILES string of the molecule is CN1CCN(C(=O)CCNc2cc(CCc3ccc(F)cc3F)nc(-c3cncc(C(F)(F)F)c3)n2)CC1. The number of carbonyl (C=O) groups excluding carboxylic acids is 1. The second-order valence-electron chi connectivity index (χ2n) is 9.12. The number of nitrogens with zero attached hydrogens (tertiary/aromatic N) is 5. The molecular weight excluding hydrogens is 507 g/mol. The van der Waals surface area contributed by atoms with E-state index in [4.69, 9.17) is 0 Å². The number of hydrogen-bond donors (Lipinski definition) is 1. The van der Waals surface area contributed by atoms with Crippen molar-refractivity contribution in [3.05, 3.63) is 71.2 Å². The van der Waals surface area contributed by atoms with Crippen LogP contribution in [0.2, 0.25) is 0 Å². The Hall–Kier alpha value is -3.67. The first-order valence-corrected chi connectivity index (χ1v) is 12.1. The molecule has 0 atom stereocenters. The second kappa shape index (κ2) is 11.8. The first kappa shape index (κ1) is 27.4. The topological polar surface area (TPSA) is 74.2 Å². The Bertz CT molecular complexity index is 1280. The summed E-state index contributed by atoms with van der Waals surface area (Å²) in [4.78, 5) is 28.9. The third-order valence-corrected chi connectivity index (χ3v) is 6.27. The number of anilines is 1. The molecule has 3 aromatic rings. The molecule has 38 heavy (non-hydrogen) atoms. The average Bonchev–Trinajstić information content (AvgIpc) is 2.88. The van der Waals surface area contributed by atoms with E-state index in [0.29, 0.717) is 30.8 Å². The monoisotopic (exact) mass is 534 g/mol. The van der Waals surface area contributed by atoms with Crippen LogP contribution in [-0.4, -0.2) is 70.4 Å². The molecule has 0 saturated carbocycles. The third kappa shape index (κ3) is 7.21. The summed E-state index contributed by atoms with van der Waals surface area (Å²) in [7, 11) is 2.00. The number of likely N-dealkylation sites (N-methyl/N-ethyl adjacent to an activating group) is 1. The van der Waals surface area contributed by atoms with Crippen LogP contribution in [0.4, 0.5) is 27.8 Å². The standard InChI is InChI=1S/C26H27F5N6O/c1-36-8-10-37(11-9-36)24(38)6-7-33-23-14-21(5-3-17-2-4-20(27)13-22(17)28)34-25(35-23)18-12-19(16-32-15-18)26(29,30)31/h2,4,12-16H,3,5-11H2,1H3,(H,33,34,35). The van der Waals surface area contributed by atoms with Gasteiger partial charge in [-0.3, -0.25) is 9.78 Å². The van der Waals surface area contributed by atoms with Crippen molar-refractivity contribution in [1.82, 2.24) is 24.8 Å². The number of benzene rings is 1. The lowest BCUT2D eigenvalue weighted by Gasteiger charge is -2.32. The molecule has 1 fully saturated rings. The van der Waals surface area contributed by atoms with Crippen molar-refractivity contribution >= 4 is 11.7 Å². The van der Waals surface area contributed by atoms with Crippen molar-refractivity contribution < 1.29 is 26.7 Å². The first-order valence-electron chi connectivity index (χ1n) is 12.1. The molecule has 1 aromatic carbocycles. The molecule has 3 heterocycles. The Morgan fingerprint density at radius 3 is 2.47 bits per heavy atom. The highest BCUT2D eigenvalue weighted by molar-refractivity contribution is 5.76. The fourth-order valence-corrected chi connectivity index (χ4v) is 4.06. The fourth-order valence-electron chi connectivity index (χ4n) is 4.06. The van der Waals surface area contributed by atoms with E-state index in [9.17, 15) is 26.7 Å². The summed E-state index contributed by atoms with van der Waals surface area (Å²) in [6, 6.07) is 5.80. The first-order chi connectivity index (χ1) is 18.1. The molecule has 1 saturated heterocycles. The molecule has 1 amide bonds. The predicted octanol–water partition coefficient (Wildman–Crippen LogP) is 4.20. The van der Waals surface area contributed by atoms with Crippen LogP contribution < -0.4 is 5.32 Å². The molecule has 12 heteroatoms. The number of aryl methyl sites for hydroxylation is 2. The smallest absolute Gasteiger partial charge is 0.369 e. The Morgan fingerprint density at radius 1 is 1.00 bits per heavy atom. The van der Waals surface area contributed by atoms with Crippen molar-refractivity contribution in [3.8, 4) is 11.4 Å². The van der Waals surface area contributed by atoms with Crippen molar-refractivity contribution in [3.63, 3.8) is 0 Å². The zero-order valence-corrected chi connectivity index (χ0v) is 20.7. The summed E-state index contributed by atoms with van der Waals surface area (Å²) in [6.07, 6.45) is -2.03. The number of pyridine rings is 1. The number of hydrogen-bond acceptors (Lipinski definition) is 6. The molecule has 202 valence electrons. The van der Waals surface area contributed by atoms with Gasteiger partial charge in [-0.15, -0.1) is 0 Å². The molecule has 1 aliphatic rings. The van der Waals surface area contributed by atoms with Gasteiger partial charge in [0.25, 0.3) is 0 Å². The lowest BCUT2D eigenvalue weighted by atomic mass is 10.1. The van der Waals surface area contributed by atoms with E-state index in [1.54, 1.807) is 11.0 Å². The quantitative estimate of drug-likeness (QED) is 0.437. The van der Waals surface area contributed by atoms with Crippen LogP contribution in [0.1, 0.15) is 23.2 Å². The van der Waals surface area contributed by atoms with Crippen LogP contribution in [0.3, 0.4) is 0 Å². The molecule has 7 nitrogen and oxygen atoms in total. The summed E-state index contributed by atoms with van der Waals surface area (Å²) in [5, 5.41) is 3.06. The van der Waals surface area contributed by atoms with Crippen molar-refractivity contribution in [1.29, 1.82) is 0 Å². The zero-order chi connectivity index (χ0) is 27.3. The lowest BCUT2D eigenvalue weighted by molar-refractivity contribution is -0.137. The van der Waals surface area contributed by atoms with Gasteiger partial charge in [0.2, 0.25) is 5.91 Å². The summed E-state index contributed by atoms with van der Waals surface area (Å²) in [6.45, 7) is 3.17. The summed E-state index contributed by atoms with van der Waals surface area (Å²) in [5.41, 5.74) is -0.167. The lowest BCUT2D eigenvalue weighted by Crippen LogP contribution is -2.47. The van der Waals surface area contributed by atoms with Gasteiger partial charge in [0, 0.05) is 74.9 Å². The maximum absolute atomic E-state index is 14.1. The summed E-state index contributed by atoms with van der Waals surface area (Å²) < 4.78 is 67.1. The largest absolute Gasteiger partial charge is 0.417 e. The molecule has 1 N–H and O–H groups in total. The van der Waals surface area contributed by atoms with Crippen LogP contribution in [-0.2, 0) is 23.8 Å². The average molecular weight is 535 g/mol. The Balaban J connectivity index is 1.52. The number of aromatic nitrogens is 3. The second-order valence-corrected chi connectivity index (χ2v) is 9.12. The van der Waals surface area contributed by atoms with E-state index in [2.05, 4.69) is 25.2 Å². The van der Waals surface area contributed by atoms with Crippen molar-refractivity contribution in [2.24, 2.45) is 0 Å². The van der Waals surface area contributed by atoms with Crippen LogP contribution in [0.5, 0.6) is 0 Å². The molecule has 1 aliphatic heterocycles. The highest BCUT2D eigenvalue weighted by Gasteiger charge is 2.31. The maximum Gasteiger partial charge on any atom is 0.417 e. The van der Waals surface area contributed by atoms with Gasteiger partial charge in [-0.25, -0.2) is 18.7 Å². The molecular formula is C26H27F5N6O. The normalized spacial score (nSPS) is 14.5. The van der Waals surface area contributed by atoms with Gasteiger partial charge in [0.1, 0.15) is 17.5 Å². The number of piperazine rings is 1. The van der Waals surface area contributed by atoms with Crippen LogP contribution >= 0.6 is 0 Å². The Labute approximate surface area is 216 Å². The highest BCUT2D eigenvalue weighted by atomic mass is 19.4. The minimum absolute atomic E-state index is 0.00559. The van der Waals surface area contributed by atoms with Crippen LogP contribution in [0, 0.1) is 11.6 Å². The number of nitrogens with one attached hydrogen (secondary N) is 1. The molecule has 0 spiro atoms. The number of amides is 1. The molecule has 0 bridgehead atoms. The number of carbonyl (C=O) groups is 1. The van der Waals surface area contributed by atoms with Crippen molar-refractivity contribution in [2.75, 3.05) is 45.1 Å². The molecule has 2 aromatic heterocycles. The number of alkyl halides is 3. The van der Waals surface area contributed by atoms with Gasteiger partial charge < -0.3 is 15.1 Å². The van der Waals surface area contributed by atoms with Gasteiger partial charge >= 0.3 is 6.18 Å². The van der Waals surface area contributed by atoms with Crippen LogP contribution in [0.15, 0.2) is 42.7 Å². The molecule has 0 radical (unpaired) electrons. The van der Waals surface area contributed by atoms with E-state index in [0.717, 1.165) is 31.3 Å². The van der Waals surface area contributed by atoms with E-state index >= 15 is 0 Å². The Kier molecular flexibility index (Phi) is 8.50. The minimum Gasteiger partial charge on any atom is -0.369 e. The van der Waals surface area contributed by atoms with Gasteiger partial charge in [0.05, 0.1) is 5.56 Å². The van der Waals surface area contributed by atoms with Gasteiger partial charge in [-0.05, 0) is 37.6 Å². The number of halogens is 5. The van der Waals surface area contributed by atoms with E-state index in [1.807, 2.05) is 7.05 Å². The highest BCUT2D eigenvalue weighted by Crippen LogP contribution is 2.31. The predicted molar refractivity (Wildman–Crippen MR) is 131 cm³/mol. The van der Waals surface area contributed by atoms with E-state index < -0.39 is 23.4 Å². The molecule has 4 rings (SSSR count). The van der Waals surface area contributed by atoms with Gasteiger partial charge in [0.15, 0.2) is 5.82 Å². The Morgan fingerprint density at radius 2 is 1.76 bits per heavy atom. The van der Waals surface area contributed by atoms with E-state index in [-0.39, 0.29) is 48.7 Å². The molecule has 0 unspecified atom stereocenters. The maximum atomic E-state index is 14.1. The summed E-state index contributed by atoms with van der Waals surface area (Å²) in [5.74, 6) is -1.07. The fraction of sp³-hybridized carbons (Fsp3) is 0.385. The van der Waals surface area contributed by atoms with Gasteiger partial charge in [-0.2, -0.15) is 13.2 Å². The van der Waals surface area contributed by atoms with E-state index in [1.165, 1.54) is 12.3 Å². The van der Waals surface area contributed by atoms with Gasteiger partial charge in [-0.1, -0.05) is 6.07 Å². The third-order valence-electron chi connectivity index (χ3n) is 6.27. The molecule has 0 aliphatic carbocycles. The summed E-state index contributed by atoms with van der Waals surface area (Å²) >= 11 is 0. The van der Waals surface area contributed by atoms with Crippen LogP contribution in [0.25, 0.3) is 11.4 Å².